The molecule has 2 aliphatic rings. The van der Waals surface area contributed by atoms with Crippen LogP contribution in [0.3, 0.4) is 0 Å². The number of methoxy groups -OCH3 is 2. The molecular formula is C26H30N7O4S2+. The Bertz CT molecular complexity index is 1640. The van der Waals surface area contributed by atoms with Crippen molar-refractivity contribution >= 4 is 66.5 Å². The van der Waals surface area contributed by atoms with E-state index in [0.29, 0.717) is 22.3 Å². The number of hydrogen-bond donors (Lipinski definition) is 3. The minimum atomic E-state index is -3.28. The SMILES string of the molecule is COc1cc2[nH]c3nc[nH+]c(N4CCN(C(=S)Nc5ccc(NS(=O)(=O)C6CC6)cc5)CC4)c3c2cc1OC. The van der Waals surface area contributed by atoms with Crippen LogP contribution in [0.25, 0.3) is 21.9 Å². The summed E-state index contributed by atoms with van der Waals surface area (Å²) in [6.45, 7) is 3.00. The summed E-state index contributed by atoms with van der Waals surface area (Å²) in [7, 11) is -0.0276. The van der Waals surface area contributed by atoms with Gasteiger partial charge in [-0.25, -0.2) is 13.4 Å². The van der Waals surface area contributed by atoms with Crippen molar-refractivity contribution in [1.82, 2.24) is 14.9 Å². The second-order valence-corrected chi connectivity index (χ2v) is 12.0. The summed E-state index contributed by atoms with van der Waals surface area (Å²) in [4.78, 5) is 15.7. The number of hydrogen-bond acceptors (Lipinski definition) is 7. The van der Waals surface area contributed by atoms with Crippen molar-refractivity contribution in [3.63, 3.8) is 0 Å². The summed E-state index contributed by atoms with van der Waals surface area (Å²) in [5.74, 6) is 2.31. The molecule has 39 heavy (non-hydrogen) atoms. The number of rotatable bonds is 7. The Morgan fingerprint density at radius 3 is 2.38 bits per heavy atom. The lowest BCUT2D eigenvalue weighted by molar-refractivity contribution is -0.367. The normalized spacial score (nSPS) is 15.9. The van der Waals surface area contributed by atoms with Crippen LogP contribution in [0.4, 0.5) is 17.2 Å². The van der Waals surface area contributed by atoms with E-state index in [2.05, 4.69) is 34.8 Å². The first-order valence-electron chi connectivity index (χ1n) is 12.7. The summed E-state index contributed by atoms with van der Waals surface area (Å²) in [5.41, 5.74) is 3.08. The van der Waals surface area contributed by atoms with E-state index in [0.717, 1.165) is 72.5 Å². The fourth-order valence-corrected chi connectivity index (χ4v) is 6.59. The molecule has 4 N–H and O–H groups in total. The van der Waals surface area contributed by atoms with Gasteiger partial charge < -0.3 is 24.7 Å². The lowest BCUT2D eigenvalue weighted by Gasteiger charge is -2.34. The zero-order valence-electron chi connectivity index (χ0n) is 21.7. The molecule has 0 amide bonds. The van der Waals surface area contributed by atoms with E-state index in [9.17, 15) is 8.42 Å². The molecular weight excluding hydrogens is 538 g/mol. The second kappa shape index (κ2) is 10.0. The third kappa shape index (κ3) is 4.99. The molecule has 1 saturated heterocycles. The fourth-order valence-electron chi connectivity index (χ4n) is 4.91. The lowest BCUT2D eigenvalue weighted by Crippen LogP contribution is -2.51. The molecule has 2 fully saturated rings. The number of ether oxygens (including phenoxy) is 2. The van der Waals surface area contributed by atoms with Crippen LogP contribution in [-0.4, -0.2) is 74.0 Å². The van der Waals surface area contributed by atoms with E-state index < -0.39 is 10.0 Å². The van der Waals surface area contributed by atoms with Gasteiger partial charge in [-0.05, 0) is 55.4 Å². The Morgan fingerprint density at radius 1 is 1.05 bits per heavy atom. The van der Waals surface area contributed by atoms with Gasteiger partial charge in [0, 0.05) is 22.8 Å². The van der Waals surface area contributed by atoms with Gasteiger partial charge in [0.1, 0.15) is 5.39 Å². The highest BCUT2D eigenvalue weighted by molar-refractivity contribution is 7.93. The van der Waals surface area contributed by atoms with Crippen LogP contribution in [0.15, 0.2) is 42.7 Å². The molecule has 13 heteroatoms. The molecule has 4 aromatic rings. The largest absolute Gasteiger partial charge is 0.493 e. The number of sulfonamides is 1. The van der Waals surface area contributed by atoms with E-state index in [1.165, 1.54) is 0 Å². The molecule has 0 unspecified atom stereocenters. The molecule has 1 aliphatic heterocycles. The number of benzene rings is 2. The van der Waals surface area contributed by atoms with Gasteiger partial charge in [-0.1, -0.05) is 4.98 Å². The monoisotopic (exact) mass is 568 g/mol. The molecule has 1 saturated carbocycles. The van der Waals surface area contributed by atoms with Gasteiger partial charge in [0.25, 0.3) is 0 Å². The van der Waals surface area contributed by atoms with Gasteiger partial charge in [0.15, 0.2) is 16.6 Å². The average Bonchev–Trinajstić information content (AvgIpc) is 3.75. The average molecular weight is 569 g/mol. The maximum Gasteiger partial charge on any atom is 0.235 e. The minimum absolute atomic E-state index is 0.260. The highest BCUT2D eigenvalue weighted by Crippen LogP contribution is 2.37. The van der Waals surface area contributed by atoms with Crippen LogP contribution in [0.1, 0.15) is 12.8 Å². The molecule has 0 radical (unpaired) electrons. The molecule has 0 atom stereocenters. The summed E-state index contributed by atoms with van der Waals surface area (Å²) < 4.78 is 38.0. The Labute approximate surface area is 231 Å². The van der Waals surface area contributed by atoms with Crippen LogP contribution >= 0.6 is 12.2 Å². The molecule has 2 aromatic carbocycles. The van der Waals surface area contributed by atoms with Gasteiger partial charge in [-0.3, -0.25) is 9.62 Å². The van der Waals surface area contributed by atoms with Crippen molar-refractivity contribution in [1.29, 1.82) is 0 Å². The van der Waals surface area contributed by atoms with Crippen LogP contribution in [-0.2, 0) is 10.0 Å². The van der Waals surface area contributed by atoms with E-state index in [1.54, 1.807) is 32.7 Å². The number of nitrogens with zero attached hydrogens (tertiary/aromatic N) is 3. The van der Waals surface area contributed by atoms with Gasteiger partial charge in [-0.15, -0.1) is 0 Å². The van der Waals surface area contributed by atoms with Crippen LogP contribution in [0.5, 0.6) is 11.5 Å². The van der Waals surface area contributed by atoms with Crippen molar-refractivity contribution in [2.75, 3.05) is 55.3 Å². The lowest BCUT2D eigenvalue weighted by atomic mass is 10.1. The maximum absolute atomic E-state index is 12.2. The molecule has 0 spiro atoms. The topological polar surface area (TPSA) is 126 Å². The number of piperazine rings is 1. The number of aromatic nitrogens is 3. The number of H-pyrrole nitrogens is 2. The first-order chi connectivity index (χ1) is 18.9. The van der Waals surface area contributed by atoms with Crippen molar-refractivity contribution in [2.24, 2.45) is 0 Å². The van der Waals surface area contributed by atoms with Crippen molar-refractivity contribution in [3.8, 4) is 11.5 Å². The Hall–Kier alpha value is -3.84. The highest BCUT2D eigenvalue weighted by atomic mass is 32.2. The third-order valence-corrected chi connectivity index (χ3v) is 9.39. The Balaban J connectivity index is 1.13. The highest BCUT2D eigenvalue weighted by Gasteiger charge is 2.35. The van der Waals surface area contributed by atoms with Crippen LogP contribution < -0.4 is 29.4 Å². The molecule has 6 rings (SSSR count). The maximum atomic E-state index is 12.2. The fraction of sp³-hybridized carbons (Fsp3) is 0.346. The summed E-state index contributed by atoms with van der Waals surface area (Å²) in [6.07, 6.45) is 3.16. The molecule has 2 aromatic heterocycles. The van der Waals surface area contributed by atoms with Gasteiger partial charge in [-0.2, -0.15) is 0 Å². The summed E-state index contributed by atoms with van der Waals surface area (Å²) >= 11 is 5.69. The number of aromatic amines is 2. The zero-order chi connectivity index (χ0) is 27.1. The zero-order valence-corrected chi connectivity index (χ0v) is 23.3. The number of fused-ring (bicyclic) bond motifs is 3. The first kappa shape index (κ1) is 25.4. The van der Waals surface area contributed by atoms with Gasteiger partial charge in [0.05, 0.1) is 51.2 Å². The molecule has 3 heterocycles. The molecule has 0 bridgehead atoms. The van der Waals surface area contributed by atoms with Crippen LogP contribution in [0, 0.1) is 0 Å². The van der Waals surface area contributed by atoms with E-state index in [-0.39, 0.29) is 5.25 Å². The number of nitrogens with one attached hydrogen (secondary N) is 4. The summed E-state index contributed by atoms with van der Waals surface area (Å²) in [6, 6.07) is 11.1. The smallest absolute Gasteiger partial charge is 0.235 e. The standard InChI is InChI=1S/C26H29N7O4S2/c1-36-21-13-19-20(14-22(21)37-2)30-24-23(19)25(28-15-27-24)32-9-11-33(12-10-32)26(38)29-16-3-5-17(6-4-16)31-39(34,35)18-7-8-18/h3-6,13-15,18,31H,7-12H2,1-2H3,(H,29,38)(H,27,28,30)/p+1. The van der Waals surface area contributed by atoms with Gasteiger partial charge >= 0.3 is 0 Å². The predicted octanol–water partition coefficient (Wildman–Crippen LogP) is 2.97. The van der Waals surface area contributed by atoms with E-state index >= 15 is 0 Å². The van der Waals surface area contributed by atoms with Gasteiger partial charge in [0.2, 0.25) is 27.8 Å². The van der Waals surface area contributed by atoms with Crippen molar-refractivity contribution < 1.29 is 22.9 Å². The Morgan fingerprint density at radius 2 is 1.72 bits per heavy atom. The molecule has 1 aliphatic carbocycles. The van der Waals surface area contributed by atoms with E-state index in [4.69, 9.17) is 21.7 Å². The Kier molecular flexibility index (Phi) is 6.55. The third-order valence-electron chi connectivity index (χ3n) is 7.16. The van der Waals surface area contributed by atoms with E-state index in [1.807, 2.05) is 24.3 Å². The van der Waals surface area contributed by atoms with Crippen molar-refractivity contribution in [2.45, 2.75) is 18.1 Å². The molecule has 204 valence electrons. The van der Waals surface area contributed by atoms with Crippen molar-refractivity contribution in [3.05, 3.63) is 42.7 Å². The number of thiocarbonyl (C=S) groups is 1. The number of anilines is 3. The van der Waals surface area contributed by atoms with Crippen LogP contribution in [0.2, 0.25) is 0 Å². The minimum Gasteiger partial charge on any atom is -0.493 e. The quantitative estimate of drug-likeness (QED) is 0.289. The molecule has 11 nitrogen and oxygen atoms in total. The second-order valence-electron chi connectivity index (χ2n) is 9.68. The first-order valence-corrected chi connectivity index (χ1v) is 14.7. The summed E-state index contributed by atoms with van der Waals surface area (Å²) in [5, 5.41) is 5.66. The predicted molar refractivity (Wildman–Crippen MR) is 155 cm³/mol.